The molecule has 2 rings (SSSR count). The molecule has 0 spiro atoms. The van der Waals surface area contributed by atoms with Crippen LogP contribution in [0.15, 0.2) is 18.2 Å². The van der Waals surface area contributed by atoms with Gasteiger partial charge in [0.15, 0.2) is 0 Å². The lowest BCUT2D eigenvalue weighted by atomic mass is 10.1. The summed E-state index contributed by atoms with van der Waals surface area (Å²) < 4.78 is 5.14. The number of anilines is 1. The molecule has 0 saturated carbocycles. The molecule has 0 unspecified atom stereocenters. The van der Waals surface area contributed by atoms with E-state index in [2.05, 4.69) is 9.88 Å². The minimum Gasteiger partial charge on any atom is -0.493 e. The van der Waals surface area contributed by atoms with Crippen molar-refractivity contribution in [2.75, 3.05) is 25.1 Å². The highest BCUT2D eigenvalue weighted by Crippen LogP contribution is 2.21. The molecule has 1 N–H and O–H groups in total. The van der Waals surface area contributed by atoms with Gasteiger partial charge in [0.2, 0.25) is 5.88 Å². The molecule has 0 radical (unpaired) electrons. The van der Waals surface area contributed by atoms with E-state index in [-0.39, 0.29) is 5.88 Å². The van der Waals surface area contributed by atoms with Gasteiger partial charge in [0.25, 0.3) is 0 Å². The SMILES string of the molecule is COC1CN(c2cccc(O)n2)C1. The molecule has 1 aromatic rings. The number of hydrogen-bond acceptors (Lipinski definition) is 4. The van der Waals surface area contributed by atoms with Crippen LogP contribution in [0.4, 0.5) is 5.82 Å². The van der Waals surface area contributed by atoms with E-state index in [4.69, 9.17) is 9.84 Å². The summed E-state index contributed by atoms with van der Waals surface area (Å²) in [5.74, 6) is 0.881. The fourth-order valence-corrected chi connectivity index (χ4v) is 1.36. The van der Waals surface area contributed by atoms with E-state index in [1.807, 2.05) is 6.07 Å². The number of aromatic nitrogens is 1. The predicted molar refractivity (Wildman–Crippen MR) is 48.9 cm³/mol. The first-order valence-electron chi connectivity index (χ1n) is 4.23. The zero-order valence-corrected chi connectivity index (χ0v) is 7.47. The highest BCUT2D eigenvalue weighted by molar-refractivity contribution is 5.43. The smallest absolute Gasteiger partial charge is 0.212 e. The van der Waals surface area contributed by atoms with Crippen LogP contribution >= 0.6 is 0 Å². The molecule has 1 aliphatic rings. The van der Waals surface area contributed by atoms with Crippen LogP contribution < -0.4 is 4.90 Å². The molecule has 13 heavy (non-hydrogen) atoms. The van der Waals surface area contributed by atoms with Crippen LogP contribution in [0.3, 0.4) is 0 Å². The second kappa shape index (κ2) is 3.22. The number of aromatic hydroxyl groups is 1. The summed E-state index contributed by atoms with van der Waals surface area (Å²) >= 11 is 0. The summed E-state index contributed by atoms with van der Waals surface area (Å²) in [5.41, 5.74) is 0. The Bertz CT molecular complexity index is 297. The van der Waals surface area contributed by atoms with Crippen LogP contribution in [0.2, 0.25) is 0 Å². The zero-order chi connectivity index (χ0) is 9.26. The molecule has 2 heterocycles. The van der Waals surface area contributed by atoms with Gasteiger partial charge in [-0.2, -0.15) is 4.98 Å². The van der Waals surface area contributed by atoms with Gasteiger partial charge >= 0.3 is 0 Å². The lowest BCUT2D eigenvalue weighted by molar-refractivity contribution is 0.0782. The average Bonchev–Trinajstić information content (AvgIpc) is 2.02. The van der Waals surface area contributed by atoms with Gasteiger partial charge < -0.3 is 14.7 Å². The van der Waals surface area contributed by atoms with Crippen molar-refractivity contribution in [3.8, 4) is 5.88 Å². The maximum atomic E-state index is 9.14. The number of pyridine rings is 1. The number of methoxy groups -OCH3 is 1. The van der Waals surface area contributed by atoms with Gasteiger partial charge in [0, 0.05) is 26.3 Å². The Morgan fingerprint density at radius 1 is 1.54 bits per heavy atom. The summed E-state index contributed by atoms with van der Waals surface area (Å²) in [6.45, 7) is 1.71. The fraction of sp³-hybridized carbons (Fsp3) is 0.444. The first-order valence-corrected chi connectivity index (χ1v) is 4.23. The van der Waals surface area contributed by atoms with E-state index in [1.54, 1.807) is 19.2 Å². The van der Waals surface area contributed by atoms with E-state index in [0.29, 0.717) is 6.10 Å². The van der Waals surface area contributed by atoms with Crippen LogP contribution in [0.1, 0.15) is 0 Å². The molecule has 0 aliphatic carbocycles. The van der Waals surface area contributed by atoms with E-state index < -0.39 is 0 Å². The number of nitrogens with zero attached hydrogens (tertiary/aromatic N) is 2. The minimum atomic E-state index is 0.0679. The Balaban J connectivity index is 2.03. The molecule has 0 amide bonds. The third kappa shape index (κ3) is 1.58. The Hall–Kier alpha value is -1.29. The van der Waals surface area contributed by atoms with E-state index >= 15 is 0 Å². The average molecular weight is 180 g/mol. The van der Waals surface area contributed by atoms with Crippen molar-refractivity contribution < 1.29 is 9.84 Å². The Morgan fingerprint density at radius 2 is 2.31 bits per heavy atom. The Labute approximate surface area is 76.8 Å². The first-order chi connectivity index (χ1) is 6.29. The summed E-state index contributed by atoms with van der Waals surface area (Å²) in [5, 5.41) is 9.14. The van der Waals surface area contributed by atoms with Gasteiger partial charge in [0.05, 0.1) is 6.10 Å². The monoisotopic (exact) mass is 180 g/mol. The standard InChI is InChI=1S/C9H12N2O2/c1-13-7-5-11(6-7)8-3-2-4-9(12)10-8/h2-4,7H,5-6H2,1H3,(H,10,12). The molecular weight excluding hydrogens is 168 g/mol. The van der Waals surface area contributed by atoms with E-state index in [9.17, 15) is 0 Å². The second-order valence-corrected chi connectivity index (χ2v) is 3.12. The number of rotatable bonds is 2. The van der Waals surface area contributed by atoms with E-state index in [0.717, 1.165) is 18.9 Å². The Morgan fingerprint density at radius 3 is 2.92 bits per heavy atom. The van der Waals surface area contributed by atoms with E-state index in [1.165, 1.54) is 0 Å². The molecule has 1 aromatic heterocycles. The molecule has 4 heteroatoms. The molecule has 0 atom stereocenters. The highest BCUT2D eigenvalue weighted by Gasteiger charge is 2.27. The summed E-state index contributed by atoms with van der Waals surface area (Å²) in [7, 11) is 1.71. The van der Waals surface area contributed by atoms with Gasteiger partial charge in [-0.1, -0.05) is 6.07 Å². The topological polar surface area (TPSA) is 45.6 Å². The van der Waals surface area contributed by atoms with Crippen LogP contribution in [0.25, 0.3) is 0 Å². The quantitative estimate of drug-likeness (QED) is 0.724. The highest BCUT2D eigenvalue weighted by atomic mass is 16.5. The van der Waals surface area contributed by atoms with Crippen molar-refractivity contribution in [3.05, 3.63) is 18.2 Å². The Kier molecular flexibility index (Phi) is 2.06. The van der Waals surface area contributed by atoms with Crippen LogP contribution in [-0.2, 0) is 4.74 Å². The van der Waals surface area contributed by atoms with Crippen molar-refractivity contribution in [2.24, 2.45) is 0 Å². The van der Waals surface area contributed by atoms with Crippen LogP contribution in [0, 0.1) is 0 Å². The van der Waals surface area contributed by atoms with Crippen molar-refractivity contribution in [3.63, 3.8) is 0 Å². The third-order valence-electron chi connectivity index (χ3n) is 2.23. The molecule has 1 saturated heterocycles. The van der Waals surface area contributed by atoms with Gasteiger partial charge in [-0.3, -0.25) is 0 Å². The molecular formula is C9H12N2O2. The lowest BCUT2D eigenvalue weighted by Gasteiger charge is -2.38. The van der Waals surface area contributed by atoms with Crippen LogP contribution in [-0.4, -0.2) is 36.4 Å². The predicted octanol–water partition coefficient (Wildman–Crippen LogP) is 0.622. The van der Waals surface area contributed by atoms with Crippen molar-refractivity contribution in [1.29, 1.82) is 0 Å². The summed E-state index contributed by atoms with van der Waals surface area (Å²) in [6, 6.07) is 5.24. The maximum Gasteiger partial charge on any atom is 0.212 e. The minimum absolute atomic E-state index is 0.0679. The third-order valence-corrected chi connectivity index (χ3v) is 2.23. The maximum absolute atomic E-state index is 9.14. The number of ether oxygens (including phenoxy) is 1. The summed E-state index contributed by atoms with van der Waals surface area (Å²) in [6.07, 6.45) is 0.309. The van der Waals surface area contributed by atoms with Crippen molar-refractivity contribution in [1.82, 2.24) is 4.98 Å². The van der Waals surface area contributed by atoms with Gasteiger partial charge in [0.1, 0.15) is 5.82 Å². The largest absolute Gasteiger partial charge is 0.493 e. The van der Waals surface area contributed by atoms with Crippen molar-refractivity contribution in [2.45, 2.75) is 6.10 Å². The molecule has 0 bridgehead atoms. The van der Waals surface area contributed by atoms with Gasteiger partial charge in [-0.25, -0.2) is 0 Å². The molecule has 4 nitrogen and oxygen atoms in total. The normalized spacial score (nSPS) is 17.2. The molecule has 1 fully saturated rings. The molecule has 1 aliphatic heterocycles. The number of hydrogen-bond donors (Lipinski definition) is 1. The van der Waals surface area contributed by atoms with Crippen LogP contribution in [0.5, 0.6) is 5.88 Å². The summed E-state index contributed by atoms with van der Waals surface area (Å²) in [4.78, 5) is 6.05. The molecule has 0 aromatic carbocycles. The second-order valence-electron chi connectivity index (χ2n) is 3.12. The zero-order valence-electron chi connectivity index (χ0n) is 7.47. The first kappa shape index (κ1) is 8.31. The van der Waals surface area contributed by atoms with Gasteiger partial charge in [-0.15, -0.1) is 0 Å². The molecule has 70 valence electrons. The lowest BCUT2D eigenvalue weighted by Crippen LogP contribution is -2.52. The fourth-order valence-electron chi connectivity index (χ4n) is 1.36. The van der Waals surface area contributed by atoms with Crippen molar-refractivity contribution >= 4 is 5.82 Å². The van der Waals surface area contributed by atoms with Gasteiger partial charge in [-0.05, 0) is 6.07 Å².